The second-order valence-electron chi connectivity index (χ2n) is 6.25. The van der Waals surface area contributed by atoms with Crippen LogP contribution in [0.5, 0.6) is 0 Å². The first-order chi connectivity index (χ1) is 10.1. The van der Waals surface area contributed by atoms with Gasteiger partial charge in [-0.2, -0.15) is 0 Å². The van der Waals surface area contributed by atoms with Gasteiger partial charge in [-0.05, 0) is 18.9 Å². The third-order valence-corrected chi connectivity index (χ3v) is 5.29. The number of carbonyl (C=O) groups is 1. The Morgan fingerprint density at radius 1 is 1.33 bits per heavy atom. The molecule has 3 aliphatic heterocycles. The smallest absolute Gasteiger partial charge is 0.302 e. The first-order valence-corrected chi connectivity index (χ1v) is 7.54. The van der Waals surface area contributed by atoms with E-state index in [0.29, 0.717) is 19.6 Å². The van der Waals surface area contributed by atoms with Crippen molar-refractivity contribution in [3.8, 4) is 0 Å². The molecule has 0 amide bonds. The van der Waals surface area contributed by atoms with Crippen molar-refractivity contribution in [3.05, 3.63) is 12.3 Å². The molecule has 6 nitrogen and oxygen atoms in total. The summed E-state index contributed by atoms with van der Waals surface area (Å²) in [6.07, 6.45) is 6.53. The van der Waals surface area contributed by atoms with Crippen molar-refractivity contribution in [1.82, 2.24) is 0 Å². The van der Waals surface area contributed by atoms with Crippen LogP contribution in [0.1, 0.15) is 32.6 Å². The average Bonchev–Trinajstić information content (AvgIpc) is 3.00. The monoisotopic (exact) mass is 296 g/mol. The zero-order valence-electron chi connectivity index (χ0n) is 12.1. The van der Waals surface area contributed by atoms with Gasteiger partial charge < -0.3 is 23.7 Å². The predicted octanol–water partition coefficient (Wildman–Crippen LogP) is 1.49. The minimum atomic E-state index is -0.743. The van der Waals surface area contributed by atoms with Crippen LogP contribution in [0, 0.1) is 5.41 Å². The maximum Gasteiger partial charge on any atom is 0.302 e. The van der Waals surface area contributed by atoms with E-state index < -0.39 is 16.8 Å². The second-order valence-corrected chi connectivity index (χ2v) is 6.25. The van der Waals surface area contributed by atoms with Crippen LogP contribution in [0.3, 0.4) is 0 Å². The van der Waals surface area contributed by atoms with Gasteiger partial charge in [0.1, 0.15) is 12.2 Å². The minimum absolute atomic E-state index is 0.229. The second kappa shape index (κ2) is 4.44. The first kappa shape index (κ1) is 13.5. The zero-order chi connectivity index (χ0) is 14.6. The highest BCUT2D eigenvalue weighted by Crippen LogP contribution is 2.64. The lowest BCUT2D eigenvalue weighted by Gasteiger charge is -2.54. The molecular weight excluding hydrogens is 276 g/mol. The fraction of sp³-hybridized carbons (Fsp3) is 0.800. The molecule has 0 aromatic rings. The van der Waals surface area contributed by atoms with Crippen molar-refractivity contribution in [2.24, 2.45) is 5.41 Å². The molecule has 0 aromatic heterocycles. The Labute approximate surface area is 123 Å². The summed E-state index contributed by atoms with van der Waals surface area (Å²) in [6, 6.07) is 0. The van der Waals surface area contributed by atoms with E-state index in [0.717, 1.165) is 19.3 Å². The van der Waals surface area contributed by atoms with Gasteiger partial charge >= 0.3 is 5.97 Å². The van der Waals surface area contributed by atoms with Crippen LogP contribution in [-0.2, 0) is 28.5 Å². The Hall–Kier alpha value is -1.11. The van der Waals surface area contributed by atoms with Gasteiger partial charge in [0.25, 0.3) is 0 Å². The number of fused-ring (bicyclic) bond motifs is 2. The van der Waals surface area contributed by atoms with Crippen molar-refractivity contribution in [3.63, 3.8) is 0 Å². The number of hydrogen-bond acceptors (Lipinski definition) is 6. The van der Waals surface area contributed by atoms with E-state index in [1.54, 1.807) is 6.26 Å². The van der Waals surface area contributed by atoms with E-state index >= 15 is 0 Å². The summed E-state index contributed by atoms with van der Waals surface area (Å²) in [5.41, 5.74) is -1.08. The molecule has 1 aliphatic carbocycles. The van der Waals surface area contributed by atoms with Crippen LogP contribution in [0.15, 0.2) is 12.3 Å². The quantitative estimate of drug-likeness (QED) is 0.719. The Kier molecular flexibility index (Phi) is 2.87. The maximum atomic E-state index is 11.4. The van der Waals surface area contributed by atoms with Crippen molar-refractivity contribution >= 4 is 5.97 Å². The van der Waals surface area contributed by atoms with Crippen LogP contribution < -0.4 is 0 Å². The van der Waals surface area contributed by atoms with Gasteiger partial charge in [0.05, 0.1) is 24.9 Å². The summed E-state index contributed by atoms with van der Waals surface area (Å²) in [5.74, 6) is -1.04. The van der Waals surface area contributed by atoms with Crippen LogP contribution in [0.4, 0.5) is 0 Å². The Morgan fingerprint density at radius 2 is 2.14 bits per heavy atom. The van der Waals surface area contributed by atoms with E-state index in [1.807, 2.05) is 6.08 Å². The molecule has 3 heterocycles. The number of hydrogen-bond donors (Lipinski definition) is 0. The third kappa shape index (κ3) is 1.67. The molecule has 4 rings (SSSR count). The van der Waals surface area contributed by atoms with Gasteiger partial charge in [-0.15, -0.1) is 0 Å². The molecule has 4 aliphatic rings. The maximum absolute atomic E-state index is 11.4. The molecule has 2 bridgehead atoms. The van der Waals surface area contributed by atoms with Crippen molar-refractivity contribution in [2.45, 2.75) is 50.3 Å². The molecule has 0 unspecified atom stereocenters. The Morgan fingerprint density at radius 3 is 2.90 bits per heavy atom. The van der Waals surface area contributed by atoms with E-state index in [2.05, 4.69) is 0 Å². The number of ether oxygens (including phenoxy) is 5. The van der Waals surface area contributed by atoms with Crippen molar-refractivity contribution < 1.29 is 28.5 Å². The zero-order valence-corrected chi connectivity index (χ0v) is 12.1. The molecule has 3 atom stereocenters. The lowest BCUT2D eigenvalue weighted by atomic mass is 9.59. The van der Waals surface area contributed by atoms with Crippen LogP contribution >= 0.6 is 0 Å². The molecular formula is C15H20O6. The summed E-state index contributed by atoms with van der Waals surface area (Å²) < 4.78 is 29.2. The lowest BCUT2D eigenvalue weighted by Crippen LogP contribution is -2.64. The van der Waals surface area contributed by atoms with Crippen molar-refractivity contribution in [2.75, 3.05) is 19.8 Å². The number of esters is 1. The van der Waals surface area contributed by atoms with Crippen LogP contribution in [-0.4, -0.2) is 43.5 Å². The van der Waals surface area contributed by atoms with E-state index in [9.17, 15) is 4.79 Å². The van der Waals surface area contributed by atoms with E-state index in [1.165, 1.54) is 6.92 Å². The van der Waals surface area contributed by atoms with Gasteiger partial charge in [-0.1, -0.05) is 0 Å². The highest BCUT2D eigenvalue weighted by atomic mass is 16.8. The molecule has 0 N–H and O–H groups in total. The molecule has 1 saturated carbocycles. The number of rotatable bonds is 2. The summed E-state index contributed by atoms with van der Waals surface area (Å²) >= 11 is 0. The highest BCUT2D eigenvalue weighted by molar-refractivity contribution is 5.66. The van der Waals surface area contributed by atoms with Gasteiger partial charge in [-0.25, -0.2) is 0 Å². The Bertz CT molecular complexity index is 483. The largest absolute Gasteiger partial charge is 0.473 e. The van der Waals surface area contributed by atoms with Crippen LogP contribution in [0.2, 0.25) is 0 Å². The fourth-order valence-electron chi connectivity index (χ4n) is 4.43. The van der Waals surface area contributed by atoms with Crippen LogP contribution in [0.25, 0.3) is 0 Å². The molecule has 0 aromatic carbocycles. The summed E-state index contributed by atoms with van der Waals surface area (Å²) in [7, 11) is 0. The molecule has 2 spiro atoms. The SMILES string of the molecule is CC(=O)OC[C@]12C[C@@H]3OC=C[C@@]1(CCCC21OCCO1)O3. The highest BCUT2D eigenvalue weighted by Gasteiger charge is 2.74. The topological polar surface area (TPSA) is 63.2 Å². The van der Waals surface area contributed by atoms with Gasteiger partial charge in [0.2, 0.25) is 6.29 Å². The first-order valence-electron chi connectivity index (χ1n) is 7.54. The summed E-state index contributed by atoms with van der Waals surface area (Å²) in [6.45, 7) is 2.77. The van der Waals surface area contributed by atoms with E-state index in [4.69, 9.17) is 23.7 Å². The standard InChI is InChI=1S/C15H20O6/c1-11(16)18-10-13-9-12-17-6-5-14(13,21-12)3-2-4-15(13)19-7-8-20-15/h5-6,12H,2-4,7-10H2,1H3/t12-,13-,14-/m1/s1. The summed E-state index contributed by atoms with van der Waals surface area (Å²) in [4.78, 5) is 11.4. The fourth-order valence-corrected chi connectivity index (χ4v) is 4.43. The van der Waals surface area contributed by atoms with E-state index in [-0.39, 0.29) is 18.9 Å². The molecule has 116 valence electrons. The molecule has 6 heteroatoms. The molecule has 3 fully saturated rings. The molecule has 2 saturated heterocycles. The molecule has 0 radical (unpaired) electrons. The lowest BCUT2D eigenvalue weighted by molar-refractivity contribution is -0.299. The van der Waals surface area contributed by atoms with Gasteiger partial charge in [0.15, 0.2) is 5.79 Å². The normalized spacial score (nSPS) is 42.6. The predicted molar refractivity (Wildman–Crippen MR) is 70.0 cm³/mol. The molecule has 21 heavy (non-hydrogen) atoms. The summed E-state index contributed by atoms with van der Waals surface area (Å²) in [5, 5.41) is 0. The number of carbonyl (C=O) groups excluding carboxylic acids is 1. The Balaban J connectivity index is 1.79. The van der Waals surface area contributed by atoms with Gasteiger partial charge in [0, 0.05) is 19.8 Å². The average molecular weight is 296 g/mol. The van der Waals surface area contributed by atoms with Gasteiger partial charge in [-0.3, -0.25) is 4.79 Å². The third-order valence-electron chi connectivity index (χ3n) is 5.29. The minimum Gasteiger partial charge on any atom is -0.473 e. The van der Waals surface area contributed by atoms with Crippen molar-refractivity contribution in [1.29, 1.82) is 0 Å².